The molecule has 2 N–H and O–H groups in total. The highest BCUT2D eigenvalue weighted by atomic mass is 35.5. The first kappa shape index (κ1) is 17.2. The van der Waals surface area contributed by atoms with E-state index in [1.54, 1.807) is 24.3 Å². The SMILES string of the molecule is O=C(CSCc1nnc(C(=O)Nc2cccc(Cl)c2)s1)NC1CC1. The number of anilines is 1. The van der Waals surface area contributed by atoms with Crippen LogP contribution in [0.2, 0.25) is 5.02 Å². The average Bonchev–Trinajstić information content (AvgIpc) is 3.22. The number of hydrogen-bond donors (Lipinski definition) is 2. The third-order valence-electron chi connectivity index (χ3n) is 3.14. The molecule has 1 heterocycles. The Bertz CT molecular complexity index is 749. The van der Waals surface area contributed by atoms with E-state index in [9.17, 15) is 9.59 Å². The molecule has 24 heavy (non-hydrogen) atoms. The molecule has 6 nitrogen and oxygen atoms in total. The molecule has 3 rings (SSSR count). The topological polar surface area (TPSA) is 84.0 Å². The Morgan fingerprint density at radius 2 is 2.17 bits per heavy atom. The molecular weight excluding hydrogens is 368 g/mol. The average molecular weight is 383 g/mol. The lowest BCUT2D eigenvalue weighted by atomic mass is 10.3. The molecule has 1 aromatic heterocycles. The molecule has 0 unspecified atom stereocenters. The van der Waals surface area contributed by atoms with Crippen molar-refractivity contribution in [3.8, 4) is 0 Å². The van der Waals surface area contributed by atoms with E-state index in [2.05, 4.69) is 20.8 Å². The normalized spacial score (nSPS) is 13.5. The Morgan fingerprint density at radius 1 is 1.33 bits per heavy atom. The van der Waals surface area contributed by atoms with Gasteiger partial charge in [-0.25, -0.2) is 0 Å². The first-order valence-corrected chi connectivity index (χ1v) is 9.71. The van der Waals surface area contributed by atoms with E-state index in [1.807, 2.05) is 0 Å². The number of benzene rings is 1. The second-order valence-electron chi connectivity index (χ2n) is 5.30. The van der Waals surface area contributed by atoms with Crippen LogP contribution in [0.5, 0.6) is 0 Å². The van der Waals surface area contributed by atoms with Crippen molar-refractivity contribution >= 4 is 52.2 Å². The highest BCUT2D eigenvalue weighted by molar-refractivity contribution is 7.99. The number of nitrogens with zero attached hydrogens (tertiary/aromatic N) is 2. The number of nitrogens with one attached hydrogen (secondary N) is 2. The quantitative estimate of drug-likeness (QED) is 0.769. The Balaban J connectivity index is 1.47. The van der Waals surface area contributed by atoms with Gasteiger partial charge in [0.1, 0.15) is 5.01 Å². The lowest BCUT2D eigenvalue weighted by Crippen LogP contribution is -2.27. The first-order valence-electron chi connectivity index (χ1n) is 7.36. The van der Waals surface area contributed by atoms with Gasteiger partial charge in [-0.05, 0) is 31.0 Å². The molecule has 1 saturated carbocycles. The number of thioether (sulfide) groups is 1. The molecule has 126 valence electrons. The second-order valence-corrected chi connectivity index (χ2v) is 7.78. The predicted octanol–water partition coefficient (Wildman–Crippen LogP) is 2.96. The van der Waals surface area contributed by atoms with Gasteiger partial charge in [0.25, 0.3) is 5.91 Å². The smallest absolute Gasteiger partial charge is 0.286 e. The van der Waals surface area contributed by atoms with Gasteiger partial charge in [0.05, 0.1) is 5.75 Å². The molecule has 9 heteroatoms. The van der Waals surface area contributed by atoms with Crippen molar-refractivity contribution in [2.75, 3.05) is 11.1 Å². The summed E-state index contributed by atoms with van der Waals surface area (Å²) in [6.07, 6.45) is 2.16. The van der Waals surface area contributed by atoms with Crippen LogP contribution in [0.1, 0.15) is 27.7 Å². The van der Waals surface area contributed by atoms with Crippen LogP contribution in [0.15, 0.2) is 24.3 Å². The maximum atomic E-state index is 12.1. The van der Waals surface area contributed by atoms with Crippen molar-refractivity contribution < 1.29 is 9.59 Å². The molecule has 0 radical (unpaired) electrons. The molecule has 0 aliphatic heterocycles. The highest BCUT2D eigenvalue weighted by Gasteiger charge is 2.23. The van der Waals surface area contributed by atoms with E-state index in [0.717, 1.165) is 17.8 Å². The lowest BCUT2D eigenvalue weighted by Gasteiger charge is -2.02. The molecule has 1 aliphatic rings. The summed E-state index contributed by atoms with van der Waals surface area (Å²) in [5, 5.41) is 15.1. The number of amides is 2. The van der Waals surface area contributed by atoms with Gasteiger partial charge in [0, 0.05) is 22.5 Å². The minimum absolute atomic E-state index is 0.0472. The van der Waals surface area contributed by atoms with E-state index in [-0.39, 0.29) is 16.8 Å². The van der Waals surface area contributed by atoms with Crippen LogP contribution in [0.4, 0.5) is 5.69 Å². The Labute approximate surface area is 152 Å². The summed E-state index contributed by atoms with van der Waals surface area (Å²) in [7, 11) is 0. The van der Waals surface area contributed by atoms with E-state index in [1.165, 1.54) is 23.1 Å². The number of carbonyl (C=O) groups excluding carboxylic acids is 2. The van der Waals surface area contributed by atoms with Gasteiger partial charge in [0.15, 0.2) is 0 Å². The maximum Gasteiger partial charge on any atom is 0.286 e. The van der Waals surface area contributed by atoms with E-state index >= 15 is 0 Å². The van der Waals surface area contributed by atoms with Crippen LogP contribution >= 0.6 is 34.7 Å². The summed E-state index contributed by atoms with van der Waals surface area (Å²) in [5.74, 6) is 0.670. The summed E-state index contributed by atoms with van der Waals surface area (Å²) in [6.45, 7) is 0. The van der Waals surface area contributed by atoms with Crippen molar-refractivity contribution in [1.29, 1.82) is 0 Å². The van der Waals surface area contributed by atoms with Crippen LogP contribution < -0.4 is 10.6 Å². The van der Waals surface area contributed by atoms with E-state index in [0.29, 0.717) is 28.3 Å². The van der Waals surface area contributed by atoms with Gasteiger partial charge in [-0.3, -0.25) is 9.59 Å². The number of aromatic nitrogens is 2. The molecule has 2 amide bonds. The third-order valence-corrected chi connectivity index (χ3v) is 5.43. The van der Waals surface area contributed by atoms with Crippen LogP contribution in [0, 0.1) is 0 Å². The Kier molecular flexibility index (Phi) is 5.70. The number of halogens is 1. The van der Waals surface area contributed by atoms with Crippen molar-refractivity contribution in [2.24, 2.45) is 0 Å². The molecule has 0 atom stereocenters. The molecule has 2 aromatic rings. The zero-order valence-electron chi connectivity index (χ0n) is 12.6. The number of carbonyl (C=O) groups is 2. The zero-order chi connectivity index (χ0) is 16.9. The van der Waals surface area contributed by atoms with Gasteiger partial charge < -0.3 is 10.6 Å². The molecular formula is C15H15ClN4O2S2. The minimum Gasteiger partial charge on any atom is -0.353 e. The Hall–Kier alpha value is -1.64. The van der Waals surface area contributed by atoms with Crippen molar-refractivity contribution in [2.45, 2.75) is 24.6 Å². The largest absolute Gasteiger partial charge is 0.353 e. The van der Waals surface area contributed by atoms with Crippen LogP contribution in [-0.2, 0) is 10.5 Å². The molecule has 0 bridgehead atoms. The third kappa shape index (κ3) is 5.19. The van der Waals surface area contributed by atoms with Crippen molar-refractivity contribution in [3.63, 3.8) is 0 Å². The van der Waals surface area contributed by atoms with Crippen molar-refractivity contribution in [1.82, 2.24) is 15.5 Å². The zero-order valence-corrected chi connectivity index (χ0v) is 15.0. The summed E-state index contributed by atoms with van der Waals surface area (Å²) in [5.41, 5.74) is 0.607. The fourth-order valence-electron chi connectivity index (χ4n) is 1.88. The fraction of sp³-hybridized carbons (Fsp3) is 0.333. The van der Waals surface area contributed by atoms with Gasteiger partial charge in [-0.15, -0.1) is 22.0 Å². The lowest BCUT2D eigenvalue weighted by molar-refractivity contribution is -0.118. The second kappa shape index (κ2) is 7.96. The van der Waals surface area contributed by atoms with Crippen LogP contribution in [0.25, 0.3) is 0 Å². The van der Waals surface area contributed by atoms with Gasteiger partial charge in [-0.1, -0.05) is 29.0 Å². The summed E-state index contributed by atoms with van der Waals surface area (Å²) < 4.78 is 0. The van der Waals surface area contributed by atoms with Crippen LogP contribution in [-0.4, -0.2) is 33.8 Å². The number of rotatable bonds is 7. The van der Waals surface area contributed by atoms with Gasteiger partial charge in [-0.2, -0.15) is 0 Å². The molecule has 0 spiro atoms. The summed E-state index contributed by atoms with van der Waals surface area (Å²) >= 11 is 8.57. The Morgan fingerprint density at radius 3 is 2.92 bits per heavy atom. The first-order chi connectivity index (χ1) is 11.6. The minimum atomic E-state index is -0.322. The molecule has 1 aliphatic carbocycles. The standard InChI is InChI=1S/C15H15ClN4O2S2/c16-9-2-1-3-11(6-9)18-14(22)15-20-19-13(24-15)8-23-7-12(21)17-10-4-5-10/h1-3,6,10H,4-5,7-8H2,(H,17,21)(H,18,22). The summed E-state index contributed by atoms with van der Waals surface area (Å²) in [4.78, 5) is 23.7. The predicted molar refractivity (Wildman–Crippen MR) is 96.6 cm³/mol. The molecule has 1 fully saturated rings. The number of hydrogen-bond acceptors (Lipinski definition) is 6. The van der Waals surface area contributed by atoms with E-state index < -0.39 is 0 Å². The maximum absolute atomic E-state index is 12.1. The van der Waals surface area contributed by atoms with E-state index in [4.69, 9.17) is 11.6 Å². The van der Waals surface area contributed by atoms with Gasteiger partial charge >= 0.3 is 0 Å². The highest BCUT2D eigenvalue weighted by Crippen LogP contribution is 2.21. The van der Waals surface area contributed by atoms with Crippen molar-refractivity contribution in [3.05, 3.63) is 39.3 Å². The fourth-order valence-corrected chi connectivity index (χ4v) is 3.69. The molecule has 1 aromatic carbocycles. The monoisotopic (exact) mass is 382 g/mol. The van der Waals surface area contributed by atoms with Crippen LogP contribution in [0.3, 0.4) is 0 Å². The van der Waals surface area contributed by atoms with Gasteiger partial charge in [0.2, 0.25) is 10.9 Å². The molecule has 0 saturated heterocycles. The summed E-state index contributed by atoms with van der Waals surface area (Å²) in [6, 6.07) is 7.28.